The SMILES string of the molecule is CCCCCCCC/C=C\CCCCCCCC(=O)N[C@@H](CCCCN)C(=O)OCC. The average molecular weight is 439 g/mol. The van der Waals surface area contributed by atoms with Crippen LogP contribution in [0.15, 0.2) is 12.2 Å². The standard InChI is InChI=1S/C26H50N2O3/c1-3-5-6-7-8-9-10-11-12-13-14-15-16-17-18-22-25(29)28-24(21-19-20-23-27)26(30)31-4-2/h11-12,24H,3-10,13-23,27H2,1-2H3,(H,28,29)/b12-11-/t24-/m0/s1. The molecular weight excluding hydrogens is 388 g/mol. The van der Waals surface area contributed by atoms with E-state index in [4.69, 9.17) is 10.5 Å². The van der Waals surface area contributed by atoms with E-state index in [1.54, 1.807) is 6.92 Å². The van der Waals surface area contributed by atoms with Gasteiger partial charge in [-0.15, -0.1) is 0 Å². The Labute approximate surface area is 191 Å². The van der Waals surface area contributed by atoms with Crippen molar-refractivity contribution in [3.05, 3.63) is 12.2 Å². The van der Waals surface area contributed by atoms with Crippen molar-refractivity contribution in [2.24, 2.45) is 5.73 Å². The summed E-state index contributed by atoms with van der Waals surface area (Å²) in [5.74, 6) is -0.388. The van der Waals surface area contributed by atoms with Crippen LogP contribution in [-0.4, -0.2) is 31.1 Å². The largest absolute Gasteiger partial charge is 0.464 e. The highest BCUT2D eigenvalue weighted by molar-refractivity contribution is 5.84. The summed E-state index contributed by atoms with van der Waals surface area (Å²) >= 11 is 0. The number of carbonyl (C=O) groups excluding carboxylic acids is 2. The Balaban J connectivity index is 3.68. The normalized spacial score (nSPS) is 12.2. The predicted octanol–water partition coefficient (Wildman–Crippen LogP) is 6.20. The van der Waals surface area contributed by atoms with Gasteiger partial charge >= 0.3 is 5.97 Å². The van der Waals surface area contributed by atoms with Gasteiger partial charge in [-0.2, -0.15) is 0 Å². The zero-order chi connectivity index (χ0) is 23.0. The number of rotatable bonds is 22. The molecule has 0 aromatic carbocycles. The molecule has 0 saturated heterocycles. The summed E-state index contributed by atoms with van der Waals surface area (Å²) in [6, 6.07) is -0.540. The van der Waals surface area contributed by atoms with E-state index in [-0.39, 0.29) is 11.9 Å². The topological polar surface area (TPSA) is 81.4 Å². The molecule has 0 aromatic heterocycles. The number of ether oxygens (including phenoxy) is 1. The van der Waals surface area contributed by atoms with Crippen molar-refractivity contribution in [1.82, 2.24) is 5.32 Å². The lowest BCUT2D eigenvalue weighted by molar-refractivity contribution is -0.147. The highest BCUT2D eigenvalue weighted by atomic mass is 16.5. The Kier molecular flexibility index (Phi) is 22.3. The van der Waals surface area contributed by atoms with Crippen LogP contribution >= 0.6 is 0 Å². The van der Waals surface area contributed by atoms with Crippen molar-refractivity contribution in [3.63, 3.8) is 0 Å². The molecule has 0 rings (SSSR count). The van der Waals surface area contributed by atoms with Gasteiger partial charge in [0.05, 0.1) is 6.61 Å². The Bertz CT molecular complexity index is 452. The summed E-state index contributed by atoms with van der Waals surface area (Å²) < 4.78 is 5.08. The monoisotopic (exact) mass is 438 g/mol. The highest BCUT2D eigenvalue weighted by Gasteiger charge is 2.21. The molecule has 0 aliphatic carbocycles. The first-order chi connectivity index (χ1) is 15.2. The van der Waals surface area contributed by atoms with Gasteiger partial charge in [-0.25, -0.2) is 4.79 Å². The molecule has 0 heterocycles. The number of unbranched alkanes of at least 4 members (excludes halogenated alkanes) is 12. The fraction of sp³-hybridized carbons (Fsp3) is 0.846. The van der Waals surface area contributed by atoms with Gasteiger partial charge in [-0.3, -0.25) is 4.79 Å². The summed E-state index contributed by atoms with van der Waals surface area (Å²) in [6.45, 7) is 4.96. The molecule has 3 N–H and O–H groups in total. The Hall–Kier alpha value is -1.36. The molecule has 0 fully saturated rings. The van der Waals surface area contributed by atoms with Gasteiger partial charge in [0.2, 0.25) is 5.91 Å². The zero-order valence-corrected chi connectivity index (χ0v) is 20.5. The van der Waals surface area contributed by atoms with Crippen molar-refractivity contribution in [3.8, 4) is 0 Å². The summed E-state index contributed by atoms with van der Waals surface area (Å²) in [5.41, 5.74) is 5.51. The van der Waals surface area contributed by atoms with E-state index >= 15 is 0 Å². The Morgan fingerprint density at radius 2 is 1.39 bits per heavy atom. The average Bonchev–Trinajstić information content (AvgIpc) is 2.76. The Morgan fingerprint density at radius 3 is 1.97 bits per heavy atom. The molecule has 1 atom stereocenters. The maximum absolute atomic E-state index is 12.2. The van der Waals surface area contributed by atoms with E-state index in [1.165, 1.54) is 64.2 Å². The van der Waals surface area contributed by atoms with E-state index in [2.05, 4.69) is 24.4 Å². The van der Waals surface area contributed by atoms with Gasteiger partial charge in [0.25, 0.3) is 0 Å². The molecular formula is C26H50N2O3. The maximum Gasteiger partial charge on any atom is 0.328 e. The van der Waals surface area contributed by atoms with Crippen molar-refractivity contribution in [1.29, 1.82) is 0 Å². The van der Waals surface area contributed by atoms with E-state index in [1.807, 2.05) is 0 Å². The third kappa shape index (κ3) is 20.3. The summed E-state index contributed by atoms with van der Waals surface area (Å²) in [5, 5.41) is 2.85. The van der Waals surface area contributed by atoms with Gasteiger partial charge in [0.15, 0.2) is 0 Å². The first kappa shape index (κ1) is 29.6. The highest BCUT2D eigenvalue weighted by Crippen LogP contribution is 2.10. The lowest BCUT2D eigenvalue weighted by Gasteiger charge is -2.17. The fourth-order valence-electron chi connectivity index (χ4n) is 3.61. The fourth-order valence-corrected chi connectivity index (χ4v) is 3.61. The molecule has 0 aromatic rings. The van der Waals surface area contributed by atoms with E-state index < -0.39 is 6.04 Å². The second-order valence-electron chi connectivity index (χ2n) is 8.49. The lowest BCUT2D eigenvalue weighted by Crippen LogP contribution is -2.41. The minimum absolute atomic E-state index is 0.0524. The van der Waals surface area contributed by atoms with Crippen LogP contribution in [0.25, 0.3) is 0 Å². The minimum atomic E-state index is -0.540. The number of hydrogen-bond donors (Lipinski definition) is 2. The van der Waals surface area contributed by atoms with Crippen molar-refractivity contribution in [2.45, 2.75) is 129 Å². The third-order valence-electron chi connectivity index (χ3n) is 5.52. The van der Waals surface area contributed by atoms with E-state index in [9.17, 15) is 9.59 Å². The number of carbonyl (C=O) groups is 2. The molecule has 0 aliphatic heterocycles. The van der Waals surface area contributed by atoms with Crippen LogP contribution in [-0.2, 0) is 14.3 Å². The molecule has 0 aliphatic rings. The molecule has 1 amide bonds. The zero-order valence-electron chi connectivity index (χ0n) is 20.5. The number of amides is 1. The quantitative estimate of drug-likeness (QED) is 0.120. The van der Waals surface area contributed by atoms with Gasteiger partial charge in [-0.05, 0) is 64.8 Å². The number of nitrogens with two attached hydrogens (primary N) is 1. The molecule has 0 saturated carbocycles. The first-order valence-electron chi connectivity index (χ1n) is 13.0. The van der Waals surface area contributed by atoms with Gasteiger partial charge in [0.1, 0.15) is 6.04 Å². The molecule has 182 valence electrons. The molecule has 0 radical (unpaired) electrons. The lowest BCUT2D eigenvalue weighted by atomic mass is 10.1. The Morgan fingerprint density at radius 1 is 0.806 bits per heavy atom. The van der Waals surface area contributed by atoms with Crippen LogP contribution in [0.3, 0.4) is 0 Å². The number of esters is 1. The maximum atomic E-state index is 12.2. The second kappa shape index (κ2) is 23.3. The summed E-state index contributed by atoms with van der Waals surface area (Å²) in [6.07, 6.45) is 23.5. The molecule has 0 spiro atoms. The van der Waals surface area contributed by atoms with Crippen LogP contribution in [0.4, 0.5) is 0 Å². The number of nitrogens with one attached hydrogen (secondary N) is 1. The first-order valence-corrected chi connectivity index (χ1v) is 13.0. The van der Waals surface area contributed by atoms with Crippen LogP contribution in [0, 0.1) is 0 Å². The van der Waals surface area contributed by atoms with Gasteiger partial charge in [0, 0.05) is 6.42 Å². The van der Waals surface area contributed by atoms with Crippen LogP contribution in [0.1, 0.15) is 123 Å². The van der Waals surface area contributed by atoms with E-state index in [0.29, 0.717) is 26.0 Å². The third-order valence-corrected chi connectivity index (χ3v) is 5.52. The smallest absolute Gasteiger partial charge is 0.328 e. The van der Waals surface area contributed by atoms with E-state index in [0.717, 1.165) is 32.1 Å². The predicted molar refractivity (Wildman–Crippen MR) is 131 cm³/mol. The molecule has 5 nitrogen and oxygen atoms in total. The van der Waals surface area contributed by atoms with Gasteiger partial charge in [-0.1, -0.05) is 70.4 Å². The molecule has 0 unspecified atom stereocenters. The molecule has 5 heteroatoms. The molecule has 0 bridgehead atoms. The van der Waals surface area contributed by atoms with Crippen LogP contribution < -0.4 is 11.1 Å². The number of hydrogen-bond acceptors (Lipinski definition) is 4. The summed E-state index contributed by atoms with van der Waals surface area (Å²) in [4.78, 5) is 24.2. The van der Waals surface area contributed by atoms with Crippen LogP contribution in [0.5, 0.6) is 0 Å². The van der Waals surface area contributed by atoms with Crippen molar-refractivity contribution in [2.75, 3.05) is 13.2 Å². The van der Waals surface area contributed by atoms with Crippen molar-refractivity contribution >= 4 is 11.9 Å². The van der Waals surface area contributed by atoms with Crippen LogP contribution in [0.2, 0.25) is 0 Å². The second-order valence-corrected chi connectivity index (χ2v) is 8.49. The number of allylic oxidation sites excluding steroid dienone is 2. The minimum Gasteiger partial charge on any atom is -0.464 e. The van der Waals surface area contributed by atoms with Gasteiger partial charge < -0.3 is 15.8 Å². The van der Waals surface area contributed by atoms with Crippen molar-refractivity contribution < 1.29 is 14.3 Å². The summed E-state index contributed by atoms with van der Waals surface area (Å²) in [7, 11) is 0. The molecule has 31 heavy (non-hydrogen) atoms.